The van der Waals surface area contributed by atoms with Crippen LogP contribution >= 0.6 is 0 Å². The predicted octanol–water partition coefficient (Wildman–Crippen LogP) is 1.89. The Hall–Kier alpha value is -2.70. The van der Waals surface area contributed by atoms with Crippen LogP contribution in [0.4, 0.5) is 5.69 Å². The van der Waals surface area contributed by atoms with E-state index in [4.69, 9.17) is 9.47 Å². The fourth-order valence-electron chi connectivity index (χ4n) is 2.84. The van der Waals surface area contributed by atoms with Crippen molar-refractivity contribution in [3.05, 3.63) is 45.5 Å². The molecule has 7 heteroatoms. The van der Waals surface area contributed by atoms with Gasteiger partial charge in [-0.3, -0.25) is 19.7 Å². The van der Waals surface area contributed by atoms with E-state index in [1.807, 2.05) is 0 Å². The lowest BCUT2D eigenvalue weighted by Gasteiger charge is -2.30. The summed E-state index contributed by atoms with van der Waals surface area (Å²) in [6.45, 7) is 1.62. The number of hydrogen-bond acceptors (Lipinski definition) is 6. The van der Waals surface area contributed by atoms with Gasteiger partial charge in [0, 0.05) is 12.5 Å². The normalized spacial score (nSPS) is 15.3. The maximum Gasteiger partial charge on any atom is 0.327 e. The highest BCUT2D eigenvalue weighted by molar-refractivity contribution is 6.05. The van der Waals surface area contributed by atoms with Gasteiger partial charge < -0.3 is 9.47 Å². The molecule has 0 aliphatic heterocycles. The minimum Gasteiger partial charge on any atom is -0.468 e. The van der Waals surface area contributed by atoms with E-state index < -0.39 is 22.3 Å². The summed E-state index contributed by atoms with van der Waals surface area (Å²) in [7, 11) is 2.36. The second-order valence-corrected chi connectivity index (χ2v) is 5.03. The number of methoxy groups -OCH3 is 2. The van der Waals surface area contributed by atoms with Crippen LogP contribution in [-0.2, 0) is 25.5 Å². The number of allylic oxidation sites excluding steroid dienone is 1. The van der Waals surface area contributed by atoms with Gasteiger partial charge in [-0.15, -0.1) is 0 Å². The van der Waals surface area contributed by atoms with Gasteiger partial charge in [0.15, 0.2) is 5.41 Å². The molecular weight excluding hydrogens is 290 g/mol. The van der Waals surface area contributed by atoms with Crippen LogP contribution in [-0.4, -0.2) is 31.1 Å². The number of carbonyl (C=O) groups excluding carboxylic acids is 2. The Morgan fingerprint density at radius 2 is 1.82 bits per heavy atom. The summed E-state index contributed by atoms with van der Waals surface area (Å²) in [6.07, 6.45) is 1.35. The fraction of sp³-hybridized carbons (Fsp3) is 0.333. The lowest BCUT2D eigenvalue weighted by Crippen LogP contribution is -2.43. The van der Waals surface area contributed by atoms with Crippen molar-refractivity contribution in [1.29, 1.82) is 0 Å². The van der Waals surface area contributed by atoms with Crippen molar-refractivity contribution < 1.29 is 24.0 Å². The van der Waals surface area contributed by atoms with Gasteiger partial charge in [0.1, 0.15) is 0 Å². The van der Waals surface area contributed by atoms with E-state index in [-0.39, 0.29) is 12.1 Å². The number of benzene rings is 1. The second kappa shape index (κ2) is 5.59. The summed E-state index contributed by atoms with van der Waals surface area (Å²) in [5.41, 5.74) is -0.254. The van der Waals surface area contributed by atoms with Crippen LogP contribution in [0.15, 0.2) is 24.3 Å². The molecule has 0 aromatic heterocycles. The molecule has 0 amide bonds. The van der Waals surface area contributed by atoms with Crippen LogP contribution in [0.5, 0.6) is 0 Å². The molecule has 1 aliphatic rings. The molecule has 0 heterocycles. The van der Waals surface area contributed by atoms with Crippen LogP contribution in [0.2, 0.25) is 0 Å². The molecule has 1 aromatic rings. The van der Waals surface area contributed by atoms with Crippen molar-refractivity contribution >= 4 is 23.2 Å². The van der Waals surface area contributed by atoms with Gasteiger partial charge in [0.2, 0.25) is 0 Å². The van der Waals surface area contributed by atoms with Crippen molar-refractivity contribution in [3.63, 3.8) is 0 Å². The zero-order valence-electron chi connectivity index (χ0n) is 12.4. The summed E-state index contributed by atoms with van der Waals surface area (Å²) < 4.78 is 9.48. The quantitative estimate of drug-likeness (QED) is 0.366. The molecule has 0 unspecified atom stereocenters. The first-order valence-electron chi connectivity index (χ1n) is 6.50. The largest absolute Gasteiger partial charge is 0.468 e. The van der Waals surface area contributed by atoms with Crippen LogP contribution in [0, 0.1) is 15.5 Å². The lowest BCUT2D eigenvalue weighted by atomic mass is 9.73. The number of nitrogens with zero attached hydrogens (tertiary/aromatic N) is 1. The highest BCUT2D eigenvalue weighted by Gasteiger charge is 2.49. The van der Waals surface area contributed by atoms with E-state index >= 15 is 0 Å². The van der Waals surface area contributed by atoms with E-state index in [1.165, 1.54) is 32.4 Å². The van der Waals surface area contributed by atoms with Gasteiger partial charge in [0.05, 0.1) is 24.7 Å². The first-order valence-corrected chi connectivity index (χ1v) is 6.50. The molecular formula is C15H15NO6. The Morgan fingerprint density at radius 3 is 2.32 bits per heavy atom. The maximum absolute atomic E-state index is 12.2. The lowest BCUT2D eigenvalue weighted by molar-refractivity contribution is -0.385. The Labute approximate surface area is 126 Å². The van der Waals surface area contributed by atoms with E-state index in [0.717, 1.165) is 0 Å². The second-order valence-electron chi connectivity index (χ2n) is 5.03. The molecule has 0 saturated carbocycles. The van der Waals surface area contributed by atoms with E-state index in [9.17, 15) is 19.7 Å². The molecule has 0 spiro atoms. The molecule has 2 rings (SSSR count). The molecule has 0 bridgehead atoms. The number of esters is 2. The van der Waals surface area contributed by atoms with Gasteiger partial charge in [-0.2, -0.15) is 0 Å². The van der Waals surface area contributed by atoms with E-state index in [0.29, 0.717) is 16.7 Å². The SMILES string of the molecule is COC(=O)C1(C(=O)OC)C=C(C)c2c(cccc2[N+](=O)[O-])C1. The molecule has 1 aromatic carbocycles. The first-order chi connectivity index (χ1) is 10.4. The third kappa shape index (κ3) is 2.24. The van der Waals surface area contributed by atoms with Crippen molar-refractivity contribution in [3.8, 4) is 0 Å². The van der Waals surface area contributed by atoms with Crippen LogP contribution in [0.25, 0.3) is 5.57 Å². The number of nitro benzene ring substituents is 1. The molecule has 0 radical (unpaired) electrons. The monoisotopic (exact) mass is 305 g/mol. The van der Waals surface area contributed by atoms with Gasteiger partial charge in [-0.25, -0.2) is 0 Å². The summed E-state index contributed by atoms with van der Waals surface area (Å²) >= 11 is 0. The highest BCUT2D eigenvalue weighted by Crippen LogP contribution is 2.42. The predicted molar refractivity (Wildman–Crippen MR) is 76.9 cm³/mol. The topological polar surface area (TPSA) is 95.7 Å². The minimum atomic E-state index is -1.62. The average Bonchev–Trinajstić information content (AvgIpc) is 2.52. The first kappa shape index (κ1) is 15.7. The summed E-state index contributed by atoms with van der Waals surface area (Å²) in [5.74, 6) is -1.51. The Morgan fingerprint density at radius 1 is 1.23 bits per heavy atom. The smallest absolute Gasteiger partial charge is 0.327 e. The Balaban J connectivity index is 2.68. The molecule has 0 atom stereocenters. The number of nitro groups is 1. The van der Waals surface area contributed by atoms with Crippen molar-refractivity contribution in [2.24, 2.45) is 5.41 Å². The summed E-state index contributed by atoms with van der Waals surface area (Å²) in [6, 6.07) is 4.56. The summed E-state index contributed by atoms with van der Waals surface area (Å²) in [5, 5.41) is 11.2. The number of ether oxygens (including phenoxy) is 2. The van der Waals surface area contributed by atoms with Crippen LogP contribution in [0.3, 0.4) is 0 Å². The molecule has 1 aliphatic carbocycles. The Kier molecular flexibility index (Phi) is 3.99. The Bertz CT molecular complexity index is 675. The molecule has 0 N–H and O–H groups in total. The molecule has 0 saturated heterocycles. The third-order valence-corrected chi connectivity index (χ3v) is 3.75. The van der Waals surface area contributed by atoms with Crippen molar-refractivity contribution in [1.82, 2.24) is 0 Å². The van der Waals surface area contributed by atoms with E-state index in [2.05, 4.69) is 0 Å². The van der Waals surface area contributed by atoms with Gasteiger partial charge in [-0.1, -0.05) is 18.2 Å². The van der Waals surface area contributed by atoms with Crippen molar-refractivity contribution in [2.45, 2.75) is 13.3 Å². The van der Waals surface area contributed by atoms with Gasteiger partial charge >= 0.3 is 11.9 Å². The minimum absolute atomic E-state index is 0.0410. The van der Waals surface area contributed by atoms with Gasteiger partial charge in [-0.05, 0) is 18.1 Å². The number of hydrogen-bond donors (Lipinski definition) is 0. The third-order valence-electron chi connectivity index (χ3n) is 3.75. The zero-order valence-corrected chi connectivity index (χ0v) is 12.4. The molecule has 116 valence electrons. The highest BCUT2D eigenvalue weighted by atomic mass is 16.6. The fourth-order valence-corrected chi connectivity index (χ4v) is 2.84. The average molecular weight is 305 g/mol. The maximum atomic E-state index is 12.2. The number of rotatable bonds is 3. The summed E-state index contributed by atoms with van der Waals surface area (Å²) in [4.78, 5) is 35.0. The number of fused-ring (bicyclic) bond motifs is 1. The van der Waals surface area contributed by atoms with Crippen LogP contribution < -0.4 is 0 Å². The number of carbonyl (C=O) groups is 2. The standard InChI is InChI=1S/C15H15NO6/c1-9-7-15(13(17)21-2,14(18)22-3)8-10-5-4-6-11(12(9)10)16(19)20/h4-7H,8H2,1-3H3. The molecule has 0 fully saturated rings. The molecule has 22 heavy (non-hydrogen) atoms. The van der Waals surface area contributed by atoms with Crippen LogP contribution in [0.1, 0.15) is 18.1 Å². The zero-order chi connectivity index (χ0) is 16.5. The van der Waals surface area contributed by atoms with Crippen molar-refractivity contribution in [2.75, 3.05) is 14.2 Å². The van der Waals surface area contributed by atoms with E-state index in [1.54, 1.807) is 13.0 Å². The van der Waals surface area contributed by atoms with Gasteiger partial charge in [0.25, 0.3) is 5.69 Å². The molecule has 7 nitrogen and oxygen atoms in total.